The molecular formula is C22H22N2O4. The Balaban J connectivity index is 1.39. The summed E-state index contributed by atoms with van der Waals surface area (Å²) in [5, 5.41) is 3.00. The molecule has 4 atom stereocenters. The van der Waals surface area contributed by atoms with Gasteiger partial charge in [-0.05, 0) is 49.2 Å². The van der Waals surface area contributed by atoms with E-state index in [9.17, 15) is 9.59 Å². The molecule has 6 heteroatoms. The van der Waals surface area contributed by atoms with E-state index in [-0.39, 0.29) is 17.9 Å². The Morgan fingerprint density at radius 2 is 2.07 bits per heavy atom. The molecule has 5 rings (SSSR count). The van der Waals surface area contributed by atoms with Gasteiger partial charge in [0.15, 0.2) is 0 Å². The second-order valence-corrected chi connectivity index (χ2v) is 8.04. The third-order valence-electron chi connectivity index (χ3n) is 5.90. The topological polar surface area (TPSA) is 71.8 Å². The van der Waals surface area contributed by atoms with E-state index in [4.69, 9.17) is 9.15 Å². The number of amides is 2. The van der Waals surface area contributed by atoms with Gasteiger partial charge >= 0.3 is 0 Å². The molecule has 2 amide bonds. The highest BCUT2D eigenvalue weighted by Gasteiger charge is 2.66. The number of nitrogens with one attached hydrogen (secondary N) is 1. The van der Waals surface area contributed by atoms with Crippen LogP contribution in [0.15, 0.2) is 53.2 Å². The third-order valence-corrected chi connectivity index (χ3v) is 5.90. The number of ether oxygens (including phenoxy) is 1. The first-order chi connectivity index (χ1) is 13.4. The van der Waals surface area contributed by atoms with E-state index in [1.807, 2.05) is 44.2 Å². The molecule has 2 aromatic rings. The van der Waals surface area contributed by atoms with Crippen molar-refractivity contribution in [2.45, 2.75) is 32.1 Å². The van der Waals surface area contributed by atoms with E-state index in [1.165, 1.54) is 0 Å². The summed E-state index contributed by atoms with van der Waals surface area (Å²) in [7, 11) is 0. The van der Waals surface area contributed by atoms with Crippen LogP contribution in [-0.2, 0) is 20.9 Å². The SMILES string of the molecule is Cc1cc(C)cc(NC(=O)[C@H]2[C@H]3C(=O)N(Cc4ccco4)C[C@]34C=C[C@H]2O4)c1. The van der Waals surface area contributed by atoms with Crippen LogP contribution in [0.25, 0.3) is 0 Å². The van der Waals surface area contributed by atoms with E-state index in [0.29, 0.717) is 13.1 Å². The van der Waals surface area contributed by atoms with Gasteiger partial charge in [-0.15, -0.1) is 0 Å². The first-order valence-electron chi connectivity index (χ1n) is 9.53. The molecule has 3 aliphatic rings. The average Bonchev–Trinajstić information content (AvgIpc) is 3.37. The summed E-state index contributed by atoms with van der Waals surface area (Å²) in [6, 6.07) is 9.57. The fraction of sp³-hybridized carbons (Fsp3) is 0.364. The second kappa shape index (κ2) is 6.07. The largest absolute Gasteiger partial charge is 0.467 e. The van der Waals surface area contributed by atoms with Gasteiger partial charge in [-0.3, -0.25) is 9.59 Å². The molecule has 4 heterocycles. The lowest BCUT2D eigenvalue weighted by molar-refractivity contribution is -0.136. The van der Waals surface area contributed by atoms with Crippen molar-refractivity contribution in [3.63, 3.8) is 0 Å². The van der Waals surface area contributed by atoms with Crippen LogP contribution in [0.1, 0.15) is 16.9 Å². The molecular weight excluding hydrogens is 356 g/mol. The third kappa shape index (κ3) is 2.59. The van der Waals surface area contributed by atoms with Crippen molar-refractivity contribution in [3.05, 3.63) is 65.6 Å². The zero-order chi connectivity index (χ0) is 19.5. The van der Waals surface area contributed by atoms with Crippen LogP contribution < -0.4 is 5.32 Å². The summed E-state index contributed by atoms with van der Waals surface area (Å²) < 4.78 is 11.5. The maximum absolute atomic E-state index is 13.2. The highest BCUT2D eigenvalue weighted by atomic mass is 16.5. The van der Waals surface area contributed by atoms with E-state index in [2.05, 4.69) is 11.4 Å². The molecule has 6 nitrogen and oxygen atoms in total. The lowest BCUT2D eigenvalue weighted by atomic mass is 9.76. The minimum atomic E-state index is -0.709. The molecule has 2 fully saturated rings. The van der Waals surface area contributed by atoms with Gasteiger partial charge in [-0.1, -0.05) is 18.2 Å². The quantitative estimate of drug-likeness (QED) is 0.831. The Kier molecular flexibility index (Phi) is 3.74. The predicted molar refractivity (Wildman–Crippen MR) is 102 cm³/mol. The lowest BCUT2D eigenvalue weighted by Crippen LogP contribution is -2.41. The number of carbonyl (C=O) groups excluding carboxylic acids is 2. The van der Waals surface area contributed by atoms with Crippen LogP contribution in [0.2, 0.25) is 0 Å². The number of likely N-dealkylation sites (tertiary alicyclic amines) is 1. The van der Waals surface area contributed by atoms with Gasteiger partial charge in [0.25, 0.3) is 0 Å². The fourth-order valence-electron chi connectivity index (χ4n) is 4.87. The molecule has 1 N–H and O–H groups in total. The summed E-state index contributed by atoms with van der Waals surface area (Å²) in [6.45, 7) is 4.82. The molecule has 1 aromatic heterocycles. The lowest BCUT2D eigenvalue weighted by Gasteiger charge is -2.23. The van der Waals surface area contributed by atoms with Gasteiger partial charge in [0.2, 0.25) is 11.8 Å². The monoisotopic (exact) mass is 378 g/mol. The molecule has 28 heavy (non-hydrogen) atoms. The molecule has 144 valence electrons. The number of aryl methyl sites for hydroxylation is 2. The van der Waals surface area contributed by atoms with Crippen molar-refractivity contribution >= 4 is 17.5 Å². The number of anilines is 1. The van der Waals surface area contributed by atoms with E-state index >= 15 is 0 Å². The Morgan fingerprint density at radius 1 is 1.29 bits per heavy atom. The van der Waals surface area contributed by atoms with Crippen LogP contribution in [-0.4, -0.2) is 35.0 Å². The van der Waals surface area contributed by atoms with Crippen LogP contribution >= 0.6 is 0 Å². The number of hydrogen-bond donors (Lipinski definition) is 1. The zero-order valence-corrected chi connectivity index (χ0v) is 15.8. The number of fused-ring (bicyclic) bond motifs is 1. The number of carbonyl (C=O) groups is 2. The van der Waals surface area contributed by atoms with Crippen molar-refractivity contribution in [2.75, 3.05) is 11.9 Å². The van der Waals surface area contributed by atoms with Crippen LogP contribution in [0.5, 0.6) is 0 Å². The van der Waals surface area contributed by atoms with Crippen LogP contribution in [0.3, 0.4) is 0 Å². The molecule has 2 saturated heterocycles. The first kappa shape index (κ1) is 17.3. The number of benzene rings is 1. The van der Waals surface area contributed by atoms with Crippen molar-refractivity contribution in [1.82, 2.24) is 4.90 Å². The Bertz CT molecular complexity index is 960. The summed E-state index contributed by atoms with van der Waals surface area (Å²) in [6.07, 6.45) is 5.12. The molecule has 1 spiro atoms. The molecule has 0 radical (unpaired) electrons. The number of rotatable bonds is 4. The molecule has 0 unspecified atom stereocenters. The number of hydrogen-bond acceptors (Lipinski definition) is 4. The van der Waals surface area contributed by atoms with Crippen molar-refractivity contribution in [2.24, 2.45) is 11.8 Å². The summed E-state index contributed by atoms with van der Waals surface area (Å²) in [5.41, 5.74) is 2.20. The molecule has 3 aliphatic heterocycles. The highest BCUT2D eigenvalue weighted by Crippen LogP contribution is 2.52. The smallest absolute Gasteiger partial charge is 0.231 e. The Hall–Kier alpha value is -2.86. The first-order valence-corrected chi connectivity index (χ1v) is 9.53. The van der Waals surface area contributed by atoms with Crippen molar-refractivity contribution in [1.29, 1.82) is 0 Å². The van der Waals surface area contributed by atoms with E-state index in [0.717, 1.165) is 22.6 Å². The van der Waals surface area contributed by atoms with Crippen LogP contribution in [0, 0.1) is 25.7 Å². The standard InChI is InChI=1S/C22H22N2O4/c1-13-8-14(2)10-15(9-13)23-20(25)18-17-5-6-22(28-17)12-24(21(26)19(18)22)11-16-4-3-7-27-16/h3-10,17-19H,11-12H2,1-2H3,(H,23,25)/t17-,18-,19+,22-/m1/s1. The Labute approximate surface area is 163 Å². The molecule has 1 aromatic carbocycles. The zero-order valence-electron chi connectivity index (χ0n) is 15.8. The number of furan rings is 1. The van der Waals surface area contributed by atoms with Gasteiger partial charge < -0.3 is 19.4 Å². The van der Waals surface area contributed by atoms with Crippen molar-refractivity contribution in [3.8, 4) is 0 Å². The second-order valence-electron chi connectivity index (χ2n) is 8.04. The summed E-state index contributed by atoms with van der Waals surface area (Å²) in [4.78, 5) is 28.0. The molecule has 2 bridgehead atoms. The molecule has 0 aliphatic carbocycles. The minimum Gasteiger partial charge on any atom is -0.467 e. The minimum absolute atomic E-state index is 0.0520. The highest BCUT2D eigenvalue weighted by molar-refractivity contribution is 5.99. The van der Waals surface area contributed by atoms with E-state index < -0.39 is 17.4 Å². The maximum Gasteiger partial charge on any atom is 0.231 e. The van der Waals surface area contributed by atoms with Crippen LogP contribution in [0.4, 0.5) is 5.69 Å². The van der Waals surface area contributed by atoms with Gasteiger partial charge in [0.05, 0.1) is 37.3 Å². The van der Waals surface area contributed by atoms with E-state index in [1.54, 1.807) is 17.2 Å². The fourth-order valence-corrected chi connectivity index (χ4v) is 4.87. The Morgan fingerprint density at radius 3 is 2.79 bits per heavy atom. The van der Waals surface area contributed by atoms with Gasteiger partial charge in [0, 0.05) is 5.69 Å². The van der Waals surface area contributed by atoms with Crippen molar-refractivity contribution < 1.29 is 18.7 Å². The summed E-state index contributed by atoms with van der Waals surface area (Å²) in [5.74, 6) is -0.522. The normalized spacial score (nSPS) is 30.1. The average molecular weight is 378 g/mol. The molecule has 0 saturated carbocycles. The summed E-state index contributed by atoms with van der Waals surface area (Å²) >= 11 is 0. The maximum atomic E-state index is 13.2. The number of nitrogens with zero attached hydrogens (tertiary/aromatic N) is 1. The van der Waals surface area contributed by atoms with Gasteiger partial charge in [0.1, 0.15) is 11.4 Å². The van der Waals surface area contributed by atoms with Gasteiger partial charge in [-0.2, -0.15) is 0 Å². The predicted octanol–water partition coefficient (Wildman–Crippen LogP) is 2.82. The van der Waals surface area contributed by atoms with Gasteiger partial charge in [-0.25, -0.2) is 0 Å².